The van der Waals surface area contributed by atoms with E-state index in [1.807, 2.05) is 12.1 Å². The zero-order chi connectivity index (χ0) is 12.3. The number of ether oxygens (including phenoxy) is 1. The molecule has 2 heterocycles. The van der Waals surface area contributed by atoms with Crippen molar-refractivity contribution >= 4 is 45.3 Å². The predicted octanol–water partition coefficient (Wildman–Crippen LogP) is 3.10. The van der Waals surface area contributed by atoms with Crippen LogP contribution in [0, 0.1) is 0 Å². The predicted molar refractivity (Wildman–Crippen MR) is 74.6 cm³/mol. The van der Waals surface area contributed by atoms with E-state index in [9.17, 15) is 0 Å². The molecular formula is C10H12ClN3OS2. The number of anilines is 2. The Bertz CT molecular complexity index is 497. The Hall–Kier alpha value is -0.980. The highest BCUT2D eigenvalue weighted by Crippen LogP contribution is 2.34. The van der Waals surface area contributed by atoms with Crippen LogP contribution in [-0.4, -0.2) is 18.0 Å². The molecule has 2 rings (SSSR count). The van der Waals surface area contributed by atoms with Crippen LogP contribution in [0.15, 0.2) is 12.1 Å². The number of halogens is 1. The fourth-order valence-electron chi connectivity index (χ4n) is 1.39. The van der Waals surface area contributed by atoms with Crippen LogP contribution < -0.4 is 15.8 Å². The van der Waals surface area contributed by atoms with Crippen LogP contribution in [0.4, 0.5) is 10.8 Å². The van der Waals surface area contributed by atoms with Gasteiger partial charge in [-0.3, -0.25) is 0 Å². The Labute approximate surface area is 113 Å². The SMILES string of the molecule is COc1c(N)nsc1NCCc1ccc(Cl)s1. The van der Waals surface area contributed by atoms with Gasteiger partial charge in [-0.25, -0.2) is 0 Å². The van der Waals surface area contributed by atoms with Gasteiger partial charge in [0.1, 0.15) is 0 Å². The molecule has 0 fully saturated rings. The molecule has 17 heavy (non-hydrogen) atoms. The number of aromatic nitrogens is 1. The number of methoxy groups -OCH3 is 1. The quantitative estimate of drug-likeness (QED) is 0.888. The molecule has 3 N–H and O–H groups in total. The monoisotopic (exact) mass is 289 g/mol. The molecule has 0 radical (unpaired) electrons. The summed E-state index contributed by atoms with van der Waals surface area (Å²) in [6.45, 7) is 0.800. The summed E-state index contributed by atoms with van der Waals surface area (Å²) in [6.07, 6.45) is 0.915. The van der Waals surface area contributed by atoms with Crippen LogP contribution >= 0.6 is 34.5 Å². The molecule has 0 spiro atoms. The van der Waals surface area contributed by atoms with Gasteiger partial charge in [-0.05, 0) is 30.1 Å². The van der Waals surface area contributed by atoms with Crippen molar-refractivity contribution in [3.63, 3.8) is 0 Å². The van der Waals surface area contributed by atoms with Gasteiger partial charge >= 0.3 is 0 Å². The van der Waals surface area contributed by atoms with Crippen LogP contribution in [-0.2, 0) is 6.42 Å². The molecule has 0 aromatic carbocycles. The number of nitrogen functional groups attached to an aromatic ring is 1. The average Bonchev–Trinajstić information content (AvgIpc) is 2.86. The van der Waals surface area contributed by atoms with E-state index in [0.29, 0.717) is 11.6 Å². The Morgan fingerprint density at radius 2 is 2.35 bits per heavy atom. The lowest BCUT2D eigenvalue weighted by Gasteiger charge is -2.04. The normalized spacial score (nSPS) is 10.5. The van der Waals surface area contributed by atoms with E-state index in [1.165, 1.54) is 16.4 Å². The smallest absolute Gasteiger partial charge is 0.197 e. The van der Waals surface area contributed by atoms with Gasteiger partial charge in [0.25, 0.3) is 0 Å². The fourth-order valence-corrected chi connectivity index (χ4v) is 3.19. The topological polar surface area (TPSA) is 60.2 Å². The highest BCUT2D eigenvalue weighted by Gasteiger charge is 2.11. The first-order valence-corrected chi connectivity index (χ1v) is 6.94. The lowest BCUT2D eigenvalue weighted by molar-refractivity contribution is 0.419. The largest absolute Gasteiger partial charge is 0.490 e. The minimum Gasteiger partial charge on any atom is -0.490 e. The zero-order valence-corrected chi connectivity index (χ0v) is 11.6. The van der Waals surface area contributed by atoms with Crippen LogP contribution in [0.1, 0.15) is 4.88 Å². The van der Waals surface area contributed by atoms with E-state index < -0.39 is 0 Å². The number of hydrogen-bond acceptors (Lipinski definition) is 6. The molecule has 0 saturated carbocycles. The highest BCUT2D eigenvalue weighted by atomic mass is 35.5. The Morgan fingerprint density at radius 3 is 3.00 bits per heavy atom. The van der Waals surface area contributed by atoms with Crippen molar-refractivity contribution in [1.82, 2.24) is 4.37 Å². The molecule has 0 aliphatic carbocycles. The second-order valence-electron chi connectivity index (χ2n) is 3.31. The van der Waals surface area contributed by atoms with Gasteiger partial charge in [0.15, 0.2) is 16.6 Å². The van der Waals surface area contributed by atoms with E-state index in [-0.39, 0.29) is 0 Å². The summed E-state index contributed by atoms with van der Waals surface area (Å²) < 4.78 is 10.0. The van der Waals surface area contributed by atoms with Gasteiger partial charge in [0.2, 0.25) is 0 Å². The van der Waals surface area contributed by atoms with E-state index >= 15 is 0 Å². The maximum Gasteiger partial charge on any atom is 0.197 e. The van der Waals surface area contributed by atoms with Crippen molar-refractivity contribution in [2.24, 2.45) is 0 Å². The standard InChI is InChI=1S/C10H12ClN3OS2/c1-15-8-9(12)14-17-10(8)13-5-4-6-2-3-7(11)16-6/h2-3,13H,4-5H2,1H3,(H2,12,14). The summed E-state index contributed by atoms with van der Waals surface area (Å²) in [4.78, 5) is 1.25. The lowest BCUT2D eigenvalue weighted by Crippen LogP contribution is -2.03. The summed E-state index contributed by atoms with van der Waals surface area (Å²) in [5.74, 6) is 1.05. The molecule has 2 aromatic heterocycles. The van der Waals surface area contributed by atoms with Crippen molar-refractivity contribution in [3.05, 3.63) is 21.3 Å². The van der Waals surface area contributed by atoms with Crippen LogP contribution in [0.25, 0.3) is 0 Å². The summed E-state index contributed by atoms with van der Waals surface area (Å²) in [5.41, 5.74) is 5.66. The molecule has 0 bridgehead atoms. The maximum absolute atomic E-state index is 5.86. The van der Waals surface area contributed by atoms with Crippen molar-refractivity contribution in [3.8, 4) is 5.75 Å². The molecule has 0 saturated heterocycles. The number of thiophene rings is 1. The second kappa shape index (κ2) is 5.57. The zero-order valence-electron chi connectivity index (χ0n) is 9.20. The van der Waals surface area contributed by atoms with E-state index in [0.717, 1.165) is 22.3 Å². The van der Waals surface area contributed by atoms with Gasteiger partial charge in [0, 0.05) is 11.4 Å². The molecule has 2 aromatic rings. The summed E-state index contributed by atoms with van der Waals surface area (Å²) in [6, 6.07) is 3.94. The Kier molecular flexibility index (Phi) is 4.09. The molecule has 4 nitrogen and oxygen atoms in total. The highest BCUT2D eigenvalue weighted by molar-refractivity contribution is 7.16. The van der Waals surface area contributed by atoms with Crippen molar-refractivity contribution < 1.29 is 4.74 Å². The first-order valence-electron chi connectivity index (χ1n) is 4.98. The van der Waals surface area contributed by atoms with Crippen LogP contribution in [0.3, 0.4) is 0 Å². The molecule has 92 valence electrons. The first kappa shape index (κ1) is 12.5. The van der Waals surface area contributed by atoms with Gasteiger partial charge in [-0.2, -0.15) is 4.37 Å². The van der Waals surface area contributed by atoms with Gasteiger partial charge in [-0.1, -0.05) is 11.6 Å². The van der Waals surface area contributed by atoms with E-state index in [1.54, 1.807) is 18.4 Å². The Balaban J connectivity index is 1.89. The number of hydrogen-bond donors (Lipinski definition) is 2. The molecule has 0 aliphatic rings. The third-order valence-corrected chi connectivity index (χ3v) is 4.26. The fraction of sp³-hybridized carbons (Fsp3) is 0.300. The third kappa shape index (κ3) is 3.02. The number of nitrogens with two attached hydrogens (primary N) is 1. The second-order valence-corrected chi connectivity index (χ2v) is 5.89. The van der Waals surface area contributed by atoms with E-state index in [4.69, 9.17) is 22.1 Å². The number of rotatable bonds is 5. The molecule has 7 heteroatoms. The Morgan fingerprint density at radius 1 is 1.53 bits per heavy atom. The van der Waals surface area contributed by atoms with Gasteiger partial charge in [-0.15, -0.1) is 11.3 Å². The minimum absolute atomic E-state index is 0.430. The molecule has 0 aliphatic heterocycles. The van der Waals surface area contributed by atoms with Crippen molar-refractivity contribution in [2.75, 3.05) is 24.7 Å². The van der Waals surface area contributed by atoms with E-state index in [2.05, 4.69) is 9.69 Å². The van der Waals surface area contributed by atoms with Crippen molar-refractivity contribution in [1.29, 1.82) is 0 Å². The third-order valence-electron chi connectivity index (χ3n) is 2.16. The number of nitrogens with zero attached hydrogens (tertiary/aromatic N) is 1. The minimum atomic E-state index is 0.430. The van der Waals surface area contributed by atoms with Crippen LogP contribution in [0.5, 0.6) is 5.75 Å². The molecule has 0 atom stereocenters. The summed E-state index contributed by atoms with van der Waals surface area (Å²) in [7, 11) is 1.59. The molecule has 0 amide bonds. The van der Waals surface area contributed by atoms with Crippen LogP contribution in [0.2, 0.25) is 4.34 Å². The number of nitrogens with one attached hydrogen (secondary N) is 1. The van der Waals surface area contributed by atoms with Gasteiger partial charge < -0.3 is 15.8 Å². The average molecular weight is 290 g/mol. The molecular weight excluding hydrogens is 278 g/mol. The van der Waals surface area contributed by atoms with Gasteiger partial charge in [0.05, 0.1) is 11.4 Å². The van der Waals surface area contributed by atoms with Crippen molar-refractivity contribution in [2.45, 2.75) is 6.42 Å². The lowest BCUT2D eigenvalue weighted by atomic mass is 10.3. The molecule has 0 unspecified atom stereocenters. The maximum atomic E-state index is 5.86. The first-order chi connectivity index (χ1) is 8.20. The summed E-state index contributed by atoms with van der Waals surface area (Å²) >= 11 is 8.76. The summed E-state index contributed by atoms with van der Waals surface area (Å²) in [5, 5.41) is 4.13.